The molecule has 0 saturated carbocycles. The smallest absolute Gasteiger partial charge is 0.296 e. The average Bonchev–Trinajstić information content (AvgIpc) is 3.07. The van der Waals surface area contributed by atoms with Gasteiger partial charge in [-0.05, 0) is 29.8 Å². The molecule has 5 rings (SSSR count). The zero-order chi connectivity index (χ0) is 21.7. The van der Waals surface area contributed by atoms with Crippen LogP contribution in [0.1, 0.15) is 27.7 Å². The fraction of sp³-hybridized carbons (Fsp3) is 0.0455. The van der Waals surface area contributed by atoms with E-state index in [4.69, 9.17) is 16.0 Å². The van der Waals surface area contributed by atoms with E-state index in [1.54, 1.807) is 42.5 Å². The average molecular weight is 434 g/mol. The molecule has 31 heavy (non-hydrogen) atoms. The number of carbonyl (C=O) groups is 1. The molecule has 0 N–H and O–H groups in total. The molecule has 0 unspecified atom stereocenters. The predicted molar refractivity (Wildman–Crippen MR) is 113 cm³/mol. The number of nitro benzene ring substituents is 1. The third-order valence-corrected chi connectivity index (χ3v) is 5.36. The first-order valence-electron chi connectivity index (χ1n) is 9.21. The van der Waals surface area contributed by atoms with Crippen LogP contribution in [0.2, 0.25) is 5.02 Å². The molecule has 0 spiro atoms. The summed E-state index contributed by atoms with van der Waals surface area (Å²) in [6, 6.07) is 14.6. The SMILES string of the molecule is O=C1c2oc3ccccc3c(=O)c2[C@@H](c2cccc([N+](=O)[O-])c2)N1c1ccc(Cl)cn1. The first-order chi connectivity index (χ1) is 15.0. The molecule has 1 aliphatic heterocycles. The van der Waals surface area contributed by atoms with Crippen molar-refractivity contribution in [2.75, 3.05) is 4.90 Å². The Bertz CT molecular complexity index is 1430. The number of nitrogens with zero attached hydrogens (tertiary/aromatic N) is 3. The Hall–Kier alpha value is -4.04. The standard InChI is InChI=1S/C22H12ClN3O5/c23-13-8-9-17(24-11-13)25-19(12-4-3-5-14(10-12)26(29)30)18-20(27)15-6-1-2-7-16(15)31-21(18)22(25)28/h1-11,19H/t19-/m1/s1. The first-order valence-corrected chi connectivity index (χ1v) is 9.58. The molecule has 0 aliphatic carbocycles. The summed E-state index contributed by atoms with van der Waals surface area (Å²) in [5.41, 5.74) is 0.246. The summed E-state index contributed by atoms with van der Waals surface area (Å²) in [5, 5.41) is 12.0. The number of carbonyl (C=O) groups excluding carboxylic acids is 1. The Labute approximate surface area is 179 Å². The Morgan fingerprint density at radius 3 is 2.61 bits per heavy atom. The molecule has 9 heteroatoms. The second-order valence-corrected chi connectivity index (χ2v) is 7.37. The number of fused-ring (bicyclic) bond motifs is 2. The van der Waals surface area contributed by atoms with Crippen molar-refractivity contribution in [2.45, 2.75) is 6.04 Å². The lowest BCUT2D eigenvalue weighted by molar-refractivity contribution is -0.384. The Morgan fingerprint density at radius 2 is 1.87 bits per heavy atom. The summed E-state index contributed by atoms with van der Waals surface area (Å²) < 4.78 is 5.82. The number of hydrogen-bond acceptors (Lipinski definition) is 6. The fourth-order valence-electron chi connectivity index (χ4n) is 3.79. The van der Waals surface area contributed by atoms with E-state index in [9.17, 15) is 19.7 Å². The number of pyridine rings is 1. The number of amides is 1. The molecule has 8 nitrogen and oxygen atoms in total. The largest absolute Gasteiger partial charge is 0.450 e. The van der Waals surface area contributed by atoms with Crippen LogP contribution >= 0.6 is 11.6 Å². The Kier molecular flexibility index (Phi) is 4.30. The summed E-state index contributed by atoms with van der Waals surface area (Å²) in [7, 11) is 0. The van der Waals surface area contributed by atoms with E-state index in [0.717, 1.165) is 0 Å². The molecule has 0 saturated heterocycles. The number of hydrogen-bond donors (Lipinski definition) is 0. The lowest BCUT2D eigenvalue weighted by Gasteiger charge is -2.24. The normalized spacial score (nSPS) is 15.3. The maximum atomic E-state index is 13.4. The molecule has 2 aromatic carbocycles. The molecule has 152 valence electrons. The highest BCUT2D eigenvalue weighted by atomic mass is 35.5. The lowest BCUT2D eigenvalue weighted by atomic mass is 9.98. The van der Waals surface area contributed by atoms with Crippen LogP contribution in [-0.4, -0.2) is 15.8 Å². The minimum atomic E-state index is -0.947. The number of non-ortho nitro benzene ring substituents is 1. The van der Waals surface area contributed by atoms with Gasteiger partial charge in [0, 0.05) is 18.3 Å². The maximum absolute atomic E-state index is 13.4. The van der Waals surface area contributed by atoms with Gasteiger partial charge < -0.3 is 4.42 Å². The van der Waals surface area contributed by atoms with Crippen molar-refractivity contribution < 1.29 is 14.1 Å². The van der Waals surface area contributed by atoms with E-state index in [2.05, 4.69) is 4.98 Å². The molecule has 4 aromatic rings. The summed E-state index contributed by atoms with van der Waals surface area (Å²) in [4.78, 5) is 43.1. The third-order valence-electron chi connectivity index (χ3n) is 5.13. The number of nitro groups is 1. The van der Waals surface area contributed by atoms with Gasteiger partial charge in [-0.3, -0.25) is 24.6 Å². The van der Waals surface area contributed by atoms with Crippen molar-refractivity contribution in [2.24, 2.45) is 0 Å². The minimum Gasteiger partial charge on any atom is -0.450 e. The van der Waals surface area contributed by atoms with Crippen molar-refractivity contribution in [3.63, 3.8) is 0 Å². The van der Waals surface area contributed by atoms with Gasteiger partial charge in [-0.2, -0.15) is 0 Å². The van der Waals surface area contributed by atoms with E-state index in [1.807, 2.05) is 0 Å². The number of aromatic nitrogens is 1. The van der Waals surface area contributed by atoms with E-state index >= 15 is 0 Å². The molecule has 0 fully saturated rings. The van der Waals surface area contributed by atoms with Gasteiger partial charge >= 0.3 is 0 Å². The van der Waals surface area contributed by atoms with E-state index < -0.39 is 16.9 Å². The van der Waals surface area contributed by atoms with Crippen LogP contribution in [0, 0.1) is 10.1 Å². The van der Waals surface area contributed by atoms with Gasteiger partial charge in [-0.15, -0.1) is 0 Å². The molecular formula is C22H12ClN3O5. The fourth-order valence-corrected chi connectivity index (χ4v) is 3.90. The van der Waals surface area contributed by atoms with Crippen LogP contribution in [0.25, 0.3) is 11.0 Å². The van der Waals surface area contributed by atoms with Crippen molar-refractivity contribution >= 4 is 40.0 Å². The number of para-hydroxylation sites is 1. The van der Waals surface area contributed by atoms with Gasteiger partial charge in [0.1, 0.15) is 11.4 Å². The van der Waals surface area contributed by atoms with Crippen LogP contribution in [0.4, 0.5) is 11.5 Å². The quantitative estimate of drug-likeness (QED) is 0.348. The summed E-state index contributed by atoms with van der Waals surface area (Å²) in [6.45, 7) is 0. The van der Waals surface area contributed by atoms with Crippen LogP contribution < -0.4 is 10.3 Å². The van der Waals surface area contributed by atoms with Crippen LogP contribution in [0.15, 0.2) is 76.1 Å². The number of benzene rings is 2. The van der Waals surface area contributed by atoms with Crippen molar-refractivity contribution in [3.8, 4) is 0 Å². The number of rotatable bonds is 3. The van der Waals surface area contributed by atoms with Crippen molar-refractivity contribution in [3.05, 3.63) is 109 Å². The topological polar surface area (TPSA) is 107 Å². The second kappa shape index (κ2) is 7.03. The number of halogens is 1. The molecule has 0 radical (unpaired) electrons. The molecule has 1 aliphatic rings. The van der Waals surface area contributed by atoms with Gasteiger partial charge in [-0.25, -0.2) is 4.98 Å². The Morgan fingerprint density at radius 1 is 1.06 bits per heavy atom. The Balaban J connectivity index is 1.81. The number of anilines is 1. The molecular weight excluding hydrogens is 422 g/mol. The van der Waals surface area contributed by atoms with E-state index in [1.165, 1.54) is 29.3 Å². The highest BCUT2D eigenvalue weighted by Crippen LogP contribution is 2.41. The molecule has 1 amide bonds. The van der Waals surface area contributed by atoms with Crippen LogP contribution in [-0.2, 0) is 0 Å². The van der Waals surface area contributed by atoms with Gasteiger partial charge in [-0.1, -0.05) is 35.9 Å². The minimum absolute atomic E-state index is 0.112. The van der Waals surface area contributed by atoms with Gasteiger partial charge in [0.15, 0.2) is 5.43 Å². The van der Waals surface area contributed by atoms with Gasteiger partial charge in [0.25, 0.3) is 11.6 Å². The highest BCUT2D eigenvalue weighted by molar-refractivity contribution is 6.30. The zero-order valence-corrected chi connectivity index (χ0v) is 16.4. The summed E-state index contributed by atoms with van der Waals surface area (Å²) >= 11 is 5.94. The third kappa shape index (κ3) is 2.96. The van der Waals surface area contributed by atoms with Gasteiger partial charge in [0.05, 0.1) is 26.9 Å². The molecule has 1 atom stereocenters. The predicted octanol–water partition coefficient (Wildman–Crippen LogP) is 4.50. The van der Waals surface area contributed by atoms with Crippen molar-refractivity contribution in [1.82, 2.24) is 4.98 Å². The molecule has 0 bridgehead atoms. The molecule has 3 heterocycles. The monoisotopic (exact) mass is 433 g/mol. The van der Waals surface area contributed by atoms with Crippen LogP contribution in [0.3, 0.4) is 0 Å². The second-order valence-electron chi connectivity index (χ2n) is 6.93. The van der Waals surface area contributed by atoms with Crippen molar-refractivity contribution in [1.29, 1.82) is 0 Å². The molecule has 2 aromatic heterocycles. The first kappa shape index (κ1) is 19.0. The van der Waals surface area contributed by atoms with Gasteiger partial charge in [0.2, 0.25) is 5.76 Å². The van der Waals surface area contributed by atoms with E-state index in [-0.39, 0.29) is 33.8 Å². The summed E-state index contributed by atoms with van der Waals surface area (Å²) in [5.74, 6) is -0.443. The lowest BCUT2D eigenvalue weighted by Crippen LogP contribution is -2.30. The van der Waals surface area contributed by atoms with E-state index in [0.29, 0.717) is 16.0 Å². The van der Waals surface area contributed by atoms with Crippen LogP contribution in [0.5, 0.6) is 0 Å². The summed E-state index contributed by atoms with van der Waals surface area (Å²) in [6.07, 6.45) is 1.38. The zero-order valence-electron chi connectivity index (χ0n) is 15.7. The maximum Gasteiger partial charge on any atom is 0.296 e. The highest BCUT2D eigenvalue weighted by Gasteiger charge is 2.44.